The van der Waals surface area contributed by atoms with Crippen LogP contribution in [-0.4, -0.2) is 126 Å². The molecule has 0 aromatic carbocycles. The maximum Gasteiger partial charge on any atom is 0.325 e. The fraction of sp³-hybridized carbons (Fsp3) is 0.742. The number of carboxylic acid groups (broad SMARTS) is 1. The second-order valence-corrected chi connectivity index (χ2v) is 13.4. The van der Waals surface area contributed by atoms with Gasteiger partial charge in [-0.3, -0.25) is 38.4 Å². The lowest BCUT2D eigenvalue weighted by molar-refractivity contribution is -0.308. The molecule has 1 heterocycles. The average molecular weight is 737 g/mol. The Morgan fingerprint density at radius 2 is 1.36 bits per heavy atom. The van der Waals surface area contributed by atoms with Crippen molar-refractivity contribution in [2.45, 2.75) is 117 Å². The average Bonchev–Trinajstić information content (AvgIpc) is 2.97. The van der Waals surface area contributed by atoms with E-state index in [1.54, 1.807) is 20.8 Å². The SMILES string of the molecule is CC(=O)OC[C@H]1O[C@@H](OCCCSCC(NC(=O)C(C)C(=O)OC(C)(C)C)C(=O)NC(C)C(=O)O)[C@H](OC(C)=O)[C@@H](OC(C)=O)[C@H]1OC(C)=O. The first-order valence-electron chi connectivity index (χ1n) is 15.7. The predicted molar refractivity (Wildman–Crippen MR) is 172 cm³/mol. The van der Waals surface area contributed by atoms with Gasteiger partial charge in [-0.1, -0.05) is 0 Å². The number of esters is 5. The van der Waals surface area contributed by atoms with Gasteiger partial charge >= 0.3 is 35.8 Å². The number of amides is 2. The summed E-state index contributed by atoms with van der Waals surface area (Å²) in [6.07, 6.45) is -6.39. The Bertz CT molecular complexity index is 1240. The molecule has 18 nitrogen and oxygen atoms in total. The van der Waals surface area contributed by atoms with E-state index in [1.807, 2.05) is 0 Å². The molecular weight excluding hydrogens is 688 g/mol. The first kappa shape index (κ1) is 44.1. The number of carbonyl (C=O) groups excluding carboxylic acids is 7. The van der Waals surface area contributed by atoms with Crippen molar-refractivity contribution in [2.24, 2.45) is 5.92 Å². The molecule has 0 aliphatic carbocycles. The van der Waals surface area contributed by atoms with E-state index in [1.165, 1.54) is 25.6 Å². The number of thioether (sulfide) groups is 1. The fourth-order valence-electron chi connectivity index (χ4n) is 4.24. The van der Waals surface area contributed by atoms with Crippen LogP contribution in [0.4, 0.5) is 0 Å². The van der Waals surface area contributed by atoms with Crippen molar-refractivity contribution >= 4 is 59.4 Å². The third-order valence-electron chi connectivity index (χ3n) is 6.46. The highest BCUT2D eigenvalue weighted by Crippen LogP contribution is 2.30. The van der Waals surface area contributed by atoms with Crippen LogP contribution in [0.15, 0.2) is 0 Å². The number of ether oxygens (including phenoxy) is 7. The lowest BCUT2D eigenvalue weighted by Gasteiger charge is -2.44. The standard InChI is InChI=1S/C31H48N2O16S/c1-15(29(42)49-31(7,8)9)26(38)33-21(27(39)32-16(2)28(40)41)14-50-12-10-11-43-30-25(47-20(6)37)24(46-19(5)36)23(45-18(4)35)22(48-30)13-44-17(3)34/h15-16,21-25,30H,10-14H2,1-9H3,(H,32,39)(H,33,38)(H,40,41)/t15?,16?,21?,22-,23+,24+,25-,30-/m1/s1. The van der Waals surface area contributed by atoms with E-state index >= 15 is 0 Å². The van der Waals surface area contributed by atoms with Crippen molar-refractivity contribution in [2.75, 3.05) is 24.7 Å². The summed E-state index contributed by atoms with van der Waals surface area (Å²) >= 11 is 1.19. The number of hydrogen-bond donors (Lipinski definition) is 3. The molecule has 0 radical (unpaired) electrons. The first-order valence-corrected chi connectivity index (χ1v) is 16.8. The lowest BCUT2D eigenvalue weighted by Crippen LogP contribution is -2.63. The summed E-state index contributed by atoms with van der Waals surface area (Å²) in [4.78, 5) is 96.8. The highest BCUT2D eigenvalue weighted by atomic mass is 32.2. The molecule has 0 spiro atoms. The second-order valence-electron chi connectivity index (χ2n) is 12.3. The molecule has 1 rings (SSSR count). The molecule has 50 heavy (non-hydrogen) atoms. The smallest absolute Gasteiger partial charge is 0.325 e. The molecule has 1 aliphatic rings. The maximum absolute atomic E-state index is 12.9. The van der Waals surface area contributed by atoms with Crippen molar-refractivity contribution in [3.05, 3.63) is 0 Å². The van der Waals surface area contributed by atoms with Gasteiger partial charge < -0.3 is 48.9 Å². The van der Waals surface area contributed by atoms with Gasteiger partial charge in [0.25, 0.3) is 0 Å². The molecule has 1 aliphatic heterocycles. The Labute approximate surface area is 294 Å². The number of carboxylic acids is 1. The summed E-state index contributed by atoms with van der Waals surface area (Å²) < 4.78 is 38.1. The predicted octanol–water partition coefficient (Wildman–Crippen LogP) is 0.261. The van der Waals surface area contributed by atoms with Crippen LogP contribution in [0.5, 0.6) is 0 Å². The van der Waals surface area contributed by atoms with Gasteiger partial charge in [0.2, 0.25) is 11.8 Å². The molecule has 1 saturated heterocycles. The van der Waals surface area contributed by atoms with Crippen LogP contribution in [-0.2, 0) is 71.5 Å². The minimum Gasteiger partial charge on any atom is -0.480 e. The number of rotatable bonds is 18. The molecule has 19 heteroatoms. The van der Waals surface area contributed by atoms with Gasteiger partial charge in [-0.05, 0) is 46.8 Å². The molecule has 3 unspecified atom stereocenters. The molecule has 0 bridgehead atoms. The van der Waals surface area contributed by atoms with Crippen LogP contribution in [0, 0.1) is 5.92 Å². The second kappa shape index (κ2) is 20.6. The number of carbonyl (C=O) groups is 8. The van der Waals surface area contributed by atoms with Gasteiger partial charge in [0.1, 0.15) is 36.3 Å². The third-order valence-corrected chi connectivity index (χ3v) is 7.61. The van der Waals surface area contributed by atoms with Crippen molar-refractivity contribution in [3.8, 4) is 0 Å². The van der Waals surface area contributed by atoms with Crippen LogP contribution in [0.2, 0.25) is 0 Å². The zero-order valence-corrected chi connectivity index (χ0v) is 30.5. The monoisotopic (exact) mass is 736 g/mol. The molecule has 0 saturated carbocycles. The van der Waals surface area contributed by atoms with E-state index in [2.05, 4.69) is 10.6 Å². The Morgan fingerprint density at radius 1 is 0.800 bits per heavy atom. The van der Waals surface area contributed by atoms with Crippen molar-refractivity contribution in [1.82, 2.24) is 10.6 Å². The van der Waals surface area contributed by atoms with Crippen LogP contribution < -0.4 is 10.6 Å². The van der Waals surface area contributed by atoms with Crippen LogP contribution in [0.3, 0.4) is 0 Å². The Balaban J connectivity index is 3.02. The van der Waals surface area contributed by atoms with Gasteiger partial charge in [0.15, 0.2) is 24.6 Å². The van der Waals surface area contributed by atoms with Gasteiger partial charge in [0.05, 0.1) is 6.61 Å². The van der Waals surface area contributed by atoms with Gasteiger partial charge in [-0.25, -0.2) is 0 Å². The summed E-state index contributed by atoms with van der Waals surface area (Å²) in [7, 11) is 0. The highest BCUT2D eigenvalue weighted by molar-refractivity contribution is 7.99. The third kappa shape index (κ3) is 16.2. The topological polar surface area (TPSA) is 245 Å². The summed E-state index contributed by atoms with van der Waals surface area (Å²) in [5, 5.41) is 14.0. The minimum absolute atomic E-state index is 0.0238. The number of nitrogens with one attached hydrogen (secondary N) is 2. The summed E-state index contributed by atoms with van der Waals surface area (Å²) in [6.45, 7) is 11.4. The highest BCUT2D eigenvalue weighted by Gasteiger charge is 2.52. The quantitative estimate of drug-likeness (QED) is 0.0739. The summed E-state index contributed by atoms with van der Waals surface area (Å²) in [5.74, 6) is -7.68. The molecule has 8 atom stereocenters. The summed E-state index contributed by atoms with van der Waals surface area (Å²) in [5.41, 5.74) is -0.854. The zero-order chi connectivity index (χ0) is 38.3. The molecule has 284 valence electrons. The zero-order valence-electron chi connectivity index (χ0n) is 29.6. The van der Waals surface area contributed by atoms with Crippen molar-refractivity contribution < 1.29 is 76.6 Å². The van der Waals surface area contributed by atoms with Crippen LogP contribution in [0.1, 0.15) is 68.7 Å². The van der Waals surface area contributed by atoms with E-state index in [9.17, 15) is 43.5 Å². The Hall–Kier alpha value is -3.97. The first-order chi connectivity index (χ1) is 23.1. The van der Waals surface area contributed by atoms with E-state index in [0.717, 1.165) is 27.7 Å². The minimum atomic E-state index is -1.40. The van der Waals surface area contributed by atoms with E-state index in [0.29, 0.717) is 12.2 Å². The number of aliphatic carboxylic acids is 1. The molecule has 1 fully saturated rings. The maximum atomic E-state index is 12.9. The van der Waals surface area contributed by atoms with Gasteiger partial charge in [-0.15, -0.1) is 0 Å². The van der Waals surface area contributed by atoms with Gasteiger partial charge in [0, 0.05) is 33.4 Å². The van der Waals surface area contributed by atoms with E-state index < -0.39 is 109 Å². The fourth-order valence-corrected chi connectivity index (χ4v) is 5.20. The summed E-state index contributed by atoms with van der Waals surface area (Å²) in [6, 6.07) is -2.48. The normalized spacial score (nSPS) is 22.1. The lowest BCUT2D eigenvalue weighted by atomic mass is 9.98. The molecule has 0 aromatic heterocycles. The largest absolute Gasteiger partial charge is 0.480 e. The number of hydrogen-bond acceptors (Lipinski definition) is 16. The van der Waals surface area contributed by atoms with E-state index in [4.69, 9.17) is 33.2 Å². The molecule has 2 amide bonds. The molecule has 0 aromatic rings. The van der Waals surface area contributed by atoms with E-state index in [-0.39, 0.29) is 12.4 Å². The van der Waals surface area contributed by atoms with Gasteiger partial charge in [-0.2, -0.15) is 11.8 Å². The van der Waals surface area contributed by atoms with Crippen molar-refractivity contribution in [3.63, 3.8) is 0 Å². The molecule has 3 N–H and O–H groups in total. The van der Waals surface area contributed by atoms with Crippen LogP contribution >= 0.6 is 11.8 Å². The Morgan fingerprint density at radius 3 is 1.88 bits per heavy atom. The van der Waals surface area contributed by atoms with Crippen molar-refractivity contribution in [1.29, 1.82) is 0 Å². The Kier molecular flexibility index (Phi) is 18.2. The molecular formula is C31H48N2O16S. The van der Waals surface area contributed by atoms with Crippen LogP contribution in [0.25, 0.3) is 0 Å².